The predicted octanol–water partition coefficient (Wildman–Crippen LogP) is 4.32. The predicted molar refractivity (Wildman–Crippen MR) is 119 cm³/mol. The van der Waals surface area contributed by atoms with Crippen molar-refractivity contribution in [1.82, 2.24) is 4.98 Å². The third kappa shape index (κ3) is 3.76. The van der Waals surface area contributed by atoms with Crippen molar-refractivity contribution in [2.45, 2.75) is 42.5 Å². The summed E-state index contributed by atoms with van der Waals surface area (Å²) in [6, 6.07) is 9.32. The molecule has 6 nitrogen and oxygen atoms in total. The molecule has 1 spiro atoms. The lowest BCUT2D eigenvalue weighted by Gasteiger charge is -2.38. The van der Waals surface area contributed by atoms with Crippen LogP contribution in [0.15, 0.2) is 59.8 Å². The molecule has 0 bridgehead atoms. The molecule has 2 N–H and O–H groups in total. The van der Waals surface area contributed by atoms with Gasteiger partial charge < -0.3 is 5.32 Å². The zero-order chi connectivity index (χ0) is 23.2. The highest BCUT2D eigenvalue weighted by Gasteiger charge is 2.51. The van der Waals surface area contributed by atoms with E-state index in [-0.39, 0.29) is 17.9 Å². The Bertz CT molecular complexity index is 1360. The molecule has 1 aromatic heterocycles. The first-order chi connectivity index (χ1) is 15.8. The van der Waals surface area contributed by atoms with Gasteiger partial charge in [-0.15, -0.1) is 0 Å². The first kappa shape index (κ1) is 21.5. The van der Waals surface area contributed by atoms with Crippen LogP contribution < -0.4 is 10.0 Å². The van der Waals surface area contributed by atoms with Crippen LogP contribution in [0.4, 0.5) is 20.2 Å². The van der Waals surface area contributed by atoms with Gasteiger partial charge in [-0.05, 0) is 65.9 Å². The largest absolute Gasteiger partial charge is 0.381 e. The summed E-state index contributed by atoms with van der Waals surface area (Å²) in [5, 5.41) is 3.31. The fourth-order valence-corrected chi connectivity index (χ4v) is 5.77. The van der Waals surface area contributed by atoms with Gasteiger partial charge in [0, 0.05) is 37.1 Å². The first-order valence-corrected chi connectivity index (χ1v) is 12.1. The fraction of sp³-hybridized carbons (Fsp3) is 0.250. The summed E-state index contributed by atoms with van der Waals surface area (Å²) in [7, 11) is -4.31. The van der Waals surface area contributed by atoms with Crippen molar-refractivity contribution in [2.75, 3.05) is 10.0 Å². The molecule has 0 amide bonds. The highest BCUT2D eigenvalue weighted by molar-refractivity contribution is 7.92. The molecule has 1 heterocycles. The maximum atomic E-state index is 14.2. The second kappa shape index (κ2) is 7.91. The van der Waals surface area contributed by atoms with Gasteiger partial charge in [-0.25, -0.2) is 17.2 Å². The van der Waals surface area contributed by atoms with E-state index in [2.05, 4.69) is 15.0 Å². The van der Waals surface area contributed by atoms with Crippen molar-refractivity contribution in [3.8, 4) is 0 Å². The second-order valence-corrected chi connectivity index (χ2v) is 10.1. The minimum atomic E-state index is -4.31. The van der Waals surface area contributed by atoms with Crippen LogP contribution in [0.1, 0.15) is 36.0 Å². The van der Waals surface area contributed by atoms with E-state index in [1.165, 1.54) is 0 Å². The number of pyridine rings is 1. The number of hydrogen-bond donors (Lipinski definition) is 2. The number of fused-ring (bicyclic) bond motifs is 2. The molecule has 0 saturated heterocycles. The fourth-order valence-electron chi connectivity index (χ4n) is 4.67. The molecule has 2 aliphatic rings. The van der Waals surface area contributed by atoms with Gasteiger partial charge in [0.2, 0.25) is 0 Å². The summed E-state index contributed by atoms with van der Waals surface area (Å²) in [6.07, 6.45) is 6.03. The van der Waals surface area contributed by atoms with Gasteiger partial charge in [-0.3, -0.25) is 14.5 Å². The second-order valence-electron chi connectivity index (χ2n) is 8.47. The van der Waals surface area contributed by atoms with Crippen LogP contribution in [-0.2, 0) is 33.2 Å². The standard InChI is InChI=1S/C24H21F2N3O3S/c25-16-2-3-22(20(26)10-16)33(31,32)29-17-11-19-18(13-23(30)24(19)6-1-7-24)21(12-17)28-14-15-4-8-27-9-5-15/h2-5,8-12,28-29H,1,6-7,13-14H2. The van der Waals surface area contributed by atoms with E-state index in [9.17, 15) is 22.0 Å². The SMILES string of the molecule is O=C1Cc2c(NCc3ccncc3)cc(NS(=O)(=O)c3ccc(F)cc3F)cc2C12CCC2. The van der Waals surface area contributed by atoms with E-state index in [0.717, 1.165) is 48.1 Å². The van der Waals surface area contributed by atoms with Gasteiger partial charge in [0.1, 0.15) is 22.3 Å². The van der Waals surface area contributed by atoms with Crippen LogP contribution in [0.5, 0.6) is 0 Å². The number of carbonyl (C=O) groups excluding carboxylic acids is 1. The first-order valence-electron chi connectivity index (χ1n) is 10.6. The van der Waals surface area contributed by atoms with Crippen molar-refractivity contribution < 1.29 is 22.0 Å². The van der Waals surface area contributed by atoms with Gasteiger partial charge in [-0.2, -0.15) is 0 Å². The van der Waals surface area contributed by atoms with Crippen LogP contribution in [0.2, 0.25) is 0 Å². The minimum Gasteiger partial charge on any atom is -0.381 e. The molecule has 1 saturated carbocycles. The molecule has 2 aliphatic carbocycles. The molecule has 0 unspecified atom stereocenters. The van der Waals surface area contributed by atoms with Gasteiger partial charge >= 0.3 is 0 Å². The number of sulfonamides is 1. The van der Waals surface area contributed by atoms with Gasteiger partial charge in [-0.1, -0.05) is 6.42 Å². The van der Waals surface area contributed by atoms with Crippen molar-refractivity contribution in [3.63, 3.8) is 0 Å². The number of ketones is 1. The summed E-state index contributed by atoms with van der Waals surface area (Å²) in [5.74, 6) is -1.90. The van der Waals surface area contributed by atoms with Crippen molar-refractivity contribution >= 4 is 27.2 Å². The number of halogens is 2. The monoisotopic (exact) mass is 469 g/mol. The van der Waals surface area contributed by atoms with Crippen molar-refractivity contribution in [1.29, 1.82) is 0 Å². The number of Topliss-reactive ketones (excluding diaryl/α,β-unsaturated/α-hetero) is 1. The lowest BCUT2D eigenvalue weighted by Crippen LogP contribution is -2.39. The lowest BCUT2D eigenvalue weighted by atomic mass is 9.64. The Morgan fingerprint density at radius 2 is 1.79 bits per heavy atom. The minimum absolute atomic E-state index is 0.139. The molecule has 1 fully saturated rings. The Labute approximate surface area is 190 Å². The molecule has 0 atom stereocenters. The number of carbonyl (C=O) groups is 1. The number of anilines is 2. The van der Waals surface area contributed by atoms with E-state index in [1.807, 2.05) is 12.1 Å². The molecule has 33 heavy (non-hydrogen) atoms. The van der Waals surface area contributed by atoms with Crippen molar-refractivity contribution in [3.05, 3.63) is 83.2 Å². The molecule has 2 aromatic carbocycles. The maximum Gasteiger partial charge on any atom is 0.264 e. The van der Waals surface area contributed by atoms with Gasteiger partial charge in [0.25, 0.3) is 10.0 Å². The Hall–Kier alpha value is -3.33. The van der Waals surface area contributed by atoms with Crippen molar-refractivity contribution in [2.24, 2.45) is 0 Å². The average molecular weight is 470 g/mol. The van der Waals surface area contributed by atoms with Crippen LogP contribution in [0.25, 0.3) is 0 Å². The molecule has 0 radical (unpaired) electrons. The van der Waals surface area contributed by atoms with E-state index in [1.54, 1.807) is 24.5 Å². The zero-order valence-electron chi connectivity index (χ0n) is 17.6. The lowest BCUT2D eigenvalue weighted by molar-refractivity contribution is -0.125. The maximum absolute atomic E-state index is 14.2. The summed E-state index contributed by atoms with van der Waals surface area (Å²) in [5.41, 5.74) is 2.95. The van der Waals surface area contributed by atoms with Gasteiger partial charge in [0.15, 0.2) is 0 Å². The smallest absolute Gasteiger partial charge is 0.264 e. The van der Waals surface area contributed by atoms with Crippen LogP contribution in [-0.4, -0.2) is 19.2 Å². The van der Waals surface area contributed by atoms with Crippen LogP contribution in [0, 0.1) is 11.6 Å². The number of rotatable bonds is 6. The molecule has 170 valence electrons. The van der Waals surface area contributed by atoms with Gasteiger partial charge in [0.05, 0.1) is 11.1 Å². The Morgan fingerprint density at radius 1 is 1.03 bits per heavy atom. The normalized spacial score (nSPS) is 16.4. The summed E-state index contributed by atoms with van der Waals surface area (Å²) in [6.45, 7) is 0.457. The average Bonchev–Trinajstić information content (AvgIpc) is 3.04. The number of hydrogen-bond acceptors (Lipinski definition) is 5. The Balaban J connectivity index is 1.53. The van der Waals surface area contributed by atoms with E-state index in [0.29, 0.717) is 18.3 Å². The molecule has 3 aromatic rings. The highest BCUT2D eigenvalue weighted by Crippen LogP contribution is 2.52. The zero-order valence-corrected chi connectivity index (χ0v) is 18.4. The summed E-state index contributed by atoms with van der Waals surface area (Å²) >= 11 is 0. The highest BCUT2D eigenvalue weighted by atomic mass is 32.2. The molecule has 5 rings (SSSR count). The molecular weight excluding hydrogens is 448 g/mol. The number of nitrogens with one attached hydrogen (secondary N) is 2. The Morgan fingerprint density at radius 3 is 2.45 bits per heavy atom. The van der Waals surface area contributed by atoms with E-state index in [4.69, 9.17) is 0 Å². The number of nitrogens with zero attached hydrogens (tertiary/aromatic N) is 1. The summed E-state index contributed by atoms with van der Waals surface area (Å²) < 4.78 is 55.6. The molecular formula is C24H21F2N3O3S. The third-order valence-electron chi connectivity index (χ3n) is 6.51. The van der Waals surface area contributed by atoms with E-state index < -0.39 is 32.0 Å². The number of benzene rings is 2. The third-order valence-corrected chi connectivity index (χ3v) is 7.93. The molecule has 0 aliphatic heterocycles. The topological polar surface area (TPSA) is 88.2 Å². The van der Waals surface area contributed by atoms with E-state index >= 15 is 0 Å². The quantitative estimate of drug-likeness (QED) is 0.561. The van der Waals surface area contributed by atoms with Crippen LogP contribution in [0.3, 0.4) is 0 Å². The summed E-state index contributed by atoms with van der Waals surface area (Å²) in [4.78, 5) is 16.2. The van der Waals surface area contributed by atoms with Crippen LogP contribution >= 0.6 is 0 Å². The molecule has 9 heteroatoms. The Kier molecular flexibility index (Phi) is 5.16. The number of aromatic nitrogens is 1.